The number of likely N-dealkylation sites (tertiary alicyclic amines) is 1. The van der Waals surface area contributed by atoms with Crippen molar-refractivity contribution < 1.29 is 24.0 Å². The molecule has 3 unspecified atom stereocenters. The van der Waals surface area contributed by atoms with Crippen LogP contribution in [0.5, 0.6) is 0 Å². The van der Waals surface area contributed by atoms with Crippen LogP contribution in [0.1, 0.15) is 83.8 Å². The number of likely N-dealkylation sites (N-methyl/N-ethyl adjacent to an activating group) is 1. The smallest absolute Gasteiger partial charge is 0.315 e. The molecule has 1 saturated heterocycles. The van der Waals surface area contributed by atoms with Gasteiger partial charge in [0.05, 0.1) is 18.1 Å². The van der Waals surface area contributed by atoms with Crippen molar-refractivity contribution in [1.29, 1.82) is 0 Å². The van der Waals surface area contributed by atoms with E-state index in [1.807, 2.05) is 24.1 Å². The lowest BCUT2D eigenvalue weighted by atomic mass is 9.98. The number of carbonyl (C=O) groups excluding carboxylic acids is 5. The lowest BCUT2D eigenvalue weighted by Gasteiger charge is -2.22. The van der Waals surface area contributed by atoms with Crippen molar-refractivity contribution in [3.63, 3.8) is 0 Å². The summed E-state index contributed by atoms with van der Waals surface area (Å²) in [4.78, 5) is 60.4. The van der Waals surface area contributed by atoms with Gasteiger partial charge in [-0.3, -0.25) is 19.3 Å². The van der Waals surface area contributed by atoms with Gasteiger partial charge in [-0.1, -0.05) is 77.3 Å². The number of Topliss-reactive ketones (excluding diaryl/α,β-unsaturated/α-hetero) is 1. The molecule has 3 rings (SSSR count). The molecule has 10 nitrogen and oxygen atoms in total. The molecule has 1 aromatic carbocycles. The van der Waals surface area contributed by atoms with E-state index in [0.717, 1.165) is 38.5 Å². The van der Waals surface area contributed by atoms with E-state index in [2.05, 4.69) is 73.6 Å². The Morgan fingerprint density at radius 3 is 2.09 bits per heavy atom. The Hall–Kier alpha value is -3.97. The average Bonchev–Trinajstić information content (AvgIpc) is 3.70. The highest BCUT2D eigenvalue weighted by atomic mass is 16.2. The molecule has 0 spiro atoms. The maximum Gasteiger partial charge on any atom is 0.315 e. The molecule has 0 bridgehead atoms. The molecule has 1 aliphatic carbocycles. The molecule has 256 valence electrons. The lowest BCUT2D eigenvalue weighted by Crippen LogP contribution is -2.51. The Morgan fingerprint density at radius 2 is 1.65 bits per heavy atom. The van der Waals surface area contributed by atoms with Crippen LogP contribution in [0, 0.1) is 18.3 Å². The predicted octanol–water partition coefficient (Wildman–Crippen LogP) is 3.97. The number of ketones is 1. The van der Waals surface area contributed by atoms with Gasteiger partial charge in [-0.2, -0.15) is 0 Å². The summed E-state index contributed by atoms with van der Waals surface area (Å²) in [5.74, 6) is 0.955. The number of hydrogen-bond donors (Lipinski definition) is 4. The predicted molar refractivity (Wildman–Crippen MR) is 185 cm³/mol. The van der Waals surface area contributed by atoms with Gasteiger partial charge in [-0.25, -0.2) is 4.79 Å². The van der Waals surface area contributed by atoms with E-state index < -0.39 is 23.8 Å². The van der Waals surface area contributed by atoms with Crippen molar-refractivity contribution in [2.75, 3.05) is 27.2 Å². The Morgan fingerprint density at radius 1 is 1.07 bits per heavy atom. The van der Waals surface area contributed by atoms with Crippen LogP contribution in [0.3, 0.4) is 0 Å². The fourth-order valence-electron chi connectivity index (χ4n) is 4.75. The zero-order valence-electron chi connectivity index (χ0n) is 28.8. The summed E-state index contributed by atoms with van der Waals surface area (Å²) in [6.45, 7) is 13.1. The highest BCUT2D eigenvalue weighted by Crippen LogP contribution is 2.28. The molecule has 0 saturated carbocycles. The molecule has 2 aliphatic rings. The fraction of sp³-hybridized carbons (Fsp3) is 0.583. The second-order valence-corrected chi connectivity index (χ2v) is 11.3. The van der Waals surface area contributed by atoms with E-state index in [-0.39, 0.29) is 36.9 Å². The summed E-state index contributed by atoms with van der Waals surface area (Å²) in [7, 11) is 3.41. The van der Waals surface area contributed by atoms with Crippen LogP contribution in [0.15, 0.2) is 36.9 Å². The third-order valence-corrected chi connectivity index (χ3v) is 7.43. The van der Waals surface area contributed by atoms with Gasteiger partial charge in [0.15, 0.2) is 0 Å². The van der Waals surface area contributed by atoms with Crippen molar-refractivity contribution >= 4 is 29.9 Å². The highest BCUT2D eigenvalue weighted by molar-refractivity contribution is 6.38. The van der Waals surface area contributed by atoms with Crippen LogP contribution in [-0.4, -0.2) is 80.1 Å². The number of urea groups is 1. The van der Waals surface area contributed by atoms with E-state index in [0.29, 0.717) is 6.42 Å². The first kappa shape index (κ1) is 42.0. The van der Waals surface area contributed by atoms with Crippen LogP contribution in [-0.2, 0) is 32.0 Å². The number of hydrogen-bond acceptors (Lipinski definition) is 6. The largest absolute Gasteiger partial charge is 0.346 e. The van der Waals surface area contributed by atoms with Gasteiger partial charge < -0.3 is 26.1 Å². The Bertz CT molecular complexity index is 1110. The lowest BCUT2D eigenvalue weighted by molar-refractivity contribution is -0.140. The first-order valence-corrected chi connectivity index (χ1v) is 16.5. The minimum absolute atomic E-state index is 0.169. The molecule has 46 heavy (non-hydrogen) atoms. The van der Waals surface area contributed by atoms with E-state index in [9.17, 15) is 24.0 Å². The van der Waals surface area contributed by atoms with Crippen LogP contribution in [0.2, 0.25) is 0 Å². The van der Waals surface area contributed by atoms with Crippen molar-refractivity contribution in [1.82, 2.24) is 26.2 Å². The molecular weight excluding hydrogens is 582 g/mol. The minimum Gasteiger partial charge on any atom is -0.346 e. The summed E-state index contributed by atoms with van der Waals surface area (Å²) in [6, 6.07) is 6.31. The number of aldehydes is 1. The Labute approximate surface area is 276 Å². The molecule has 10 heteroatoms. The Balaban J connectivity index is 0.000000745. The summed E-state index contributed by atoms with van der Waals surface area (Å²) < 4.78 is 0. The number of terminal acetylenes is 1. The van der Waals surface area contributed by atoms with Crippen molar-refractivity contribution in [3.05, 3.63) is 48.0 Å². The van der Waals surface area contributed by atoms with Crippen LogP contribution >= 0.6 is 0 Å². The van der Waals surface area contributed by atoms with Gasteiger partial charge in [0.2, 0.25) is 11.7 Å². The van der Waals surface area contributed by atoms with E-state index in [1.54, 1.807) is 7.05 Å². The van der Waals surface area contributed by atoms with Crippen LogP contribution in [0.25, 0.3) is 0 Å². The fourth-order valence-corrected chi connectivity index (χ4v) is 4.75. The number of nitrogens with one attached hydrogen (secondary N) is 4. The van der Waals surface area contributed by atoms with Gasteiger partial charge in [0.25, 0.3) is 5.91 Å². The summed E-state index contributed by atoms with van der Waals surface area (Å²) in [5, 5.41) is 10.2. The maximum absolute atomic E-state index is 12.3. The molecule has 3 atom stereocenters. The van der Waals surface area contributed by atoms with Gasteiger partial charge >= 0.3 is 6.03 Å². The zero-order chi connectivity index (χ0) is 34.9. The van der Waals surface area contributed by atoms with E-state index in [1.165, 1.54) is 36.5 Å². The second-order valence-electron chi connectivity index (χ2n) is 11.3. The number of carbonyl (C=O) groups is 5. The second kappa shape index (κ2) is 25.2. The summed E-state index contributed by atoms with van der Waals surface area (Å²) in [5.41, 5.74) is 2.56. The molecule has 4 amide bonds. The standard InChI is InChI=1S/C16H23N3O3.C13H16N2O2.C4H10.C3H8/c1-4-6-8-12(14(20)16(22)17-10-5-2)18-15(21)13-9-7-11-19(13)3;1-14-13(17)15-12(8-16)11-6-9-4-2-3-5-10(9)7-11;1-3-4-2;1-3-2/h1,5,12-13H,2,6-11H2,3H3,(H,17,22)(H,18,21);2-5,8,11-12H,6-7H2,1H3,(H2,14,15,17);3-4H2,1-2H3;3H2,1-2H3. The SMILES string of the molecule is C#CCCC(NC(=O)C1CCCN1C)C(=O)C(=O)NCC=C.CCC.CCCC.CNC(=O)NC(C=O)C1Cc2ccccc2C1. The number of unbranched alkanes of at least 4 members (excludes halogenated alkanes) is 1. The van der Waals surface area contributed by atoms with Crippen LogP contribution < -0.4 is 21.3 Å². The van der Waals surface area contributed by atoms with Gasteiger partial charge in [0, 0.05) is 20.0 Å². The normalized spacial score (nSPS) is 16.1. The molecule has 1 aliphatic heterocycles. The Kier molecular flexibility index (Phi) is 23.1. The third-order valence-electron chi connectivity index (χ3n) is 7.43. The molecule has 1 aromatic rings. The van der Waals surface area contributed by atoms with Gasteiger partial charge in [0.1, 0.15) is 6.29 Å². The molecule has 1 fully saturated rings. The van der Waals surface area contributed by atoms with Gasteiger partial charge in [-0.15, -0.1) is 18.9 Å². The first-order valence-electron chi connectivity index (χ1n) is 16.5. The zero-order valence-corrected chi connectivity index (χ0v) is 28.8. The molecule has 4 N–H and O–H groups in total. The number of fused-ring (bicyclic) bond motifs is 1. The summed E-state index contributed by atoms with van der Waals surface area (Å²) >= 11 is 0. The van der Waals surface area contributed by atoms with Crippen molar-refractivity contribution in [2.45, 2.75) is 104 Å². The molecule has 0 radical (unpaired) electrons. The average molecular weight is 640 g/mol. The number of nitrogens with zero attached hydrogens (tertiary/aromatic N) is 1. The monoisotopic (exact) mass is 639 g/mol. The molecule has 1 heterocycles. The summed E-state index contributed by atoms with van der Waals surface area (Å²) in [6.07, 6.45) is 15.4. The highest BCUT2D eigenvalue weighted by Gasteiger charge is 2.32. The van der Waals surface area contributed by atoms with E-state index in [4.69, 9.17) is 6.42 Å². The minimum atomic E-state index is -0.887. The molecule has 0 aromatic heterocycles. The first-order chi connectivity index (χ1) is 22.1. The van der Waals surface area contributed by atoms with Crippen molar-refractivity contribution in [3.8, 4) is 12.3 Å². The quantitative estimate of drug-likeness (QED) is 0.118. The molecular formula is C36H57N5O5. The number of rotatable bonds is 12. The van der Waals surface area contributed by atoms with Crippen molar-refractivity contribution in [2.24, 2.45) is 5.92 Å². The maximum atomic E-state index is 12.3. The number of amides is 4. The van der Waals surface area contributed by atoms with E-state index >= 15 is 0 Å². The number of benzene rings is 1. The third kappa shape index (κ3) is 15.8. The topological polar surface area (TPSA) is 137 Å². The van der Waals surface area contributed by atoms with Crippen LogP contribution in [0.4, 0.5) is 4.79 Å². The van der Waals surface area contributed by atoms with Gasteiger partial charge in [-0.05, 0) is 62.7 Å².